The van der Waals surface area contributed by atoms with Crippen molar-refractivity contribution >= 4 is 80.7 Å². The molecule has 0 spiro atoms. The predicted molar refractivity (Wildman–Crippen MR) is 66.6 cm³/mol. The lowest BCUT2D eigenvalue weighted by Gasteiger charge is -1.91. The molecule has 0 aromatic carbocycles. The van der Waals surface area contributed by atoms with Crippen molar-refractivity contribution < 1.29 is 4.79 Å². The molecule has 0 bridgehead atoms. The van der Waals surface area contributed by atoms with Crippen LogP contribution in [0.3, 0.4) is 0 Å². The van der Waals surface area contributed by atoms with Gasteiger partial charge in [-0.25, -0.2) is 0 Å². The Labute approximate surface area is 109 Å². The van der Waals surface area contributed by atoms with Crippen molar-refractivity contribution in [2.24, 2.45) is 11.5 Å². The fraction of sp³-hybridized carbons (Fsp3) is 0.667. The molecule has 1 unspecified atom stereocenters. The summed E-state index contributed by atoms with van der Waals surface area (Å²) in [6, 6.07) is -0.468. The lowest BCUT2D eigenvalue weighted by molar-refractivity contribution is -0.108. The van der Waals surface area contributed by atoms with Crippen LogP contribution >= 0.6 is 74.4 Å². The summed E-state index contributed by atoms with van der Waals surface area (Å²) in [5.41, 5.74) is 9.91. The fourth-order valence-corrected chi connectivity index (χ4v) is 0.0556. The molecule has 0 aliphatic carbocycles. The maximum atomic E-state index is 9.53. The fourth-order valence-electron chi connectivity index (χ4n) is 0.0556. The van der Waals surface area contributed by atoms with Crippen molar-refractivity contribution in [3.63, 3.8) is 0 Å². The number of aldehydes is 1. The Bertz CT molecular complexity index is 58.1. The third-order valence-corrected chi connectivity index (χ3v) is 0.447. The summed E-state index contributed by atoms with van der Waals surface area (Å²) in [6.07, 6.45) is 0.625. The molecule has 0 saturated carbocycles. The van der Waals surface area contributed by atoms with E-state index in [1.165, 1.54) is 0 Å². The smallest absolute Gasteiger partial charge is 0.137 e. The van der Waals surface area contributed by atoms with E-state index in [0.717, 1.165) is 0 Å². The third-order valence-electron chi connectivity index (χ3n) is 0.447. The summed E-state index contributed by atoms with van der Waals surface area (Å²) in [5.74, 6) is 0. The number of hydrogen-bond acceptors (Lipinski definition) is 3. The molecule has 1 atom stereocenters. The number of halogens is 6. The van der Waals surface area contributed by atoms with Crippen LogP contribution < -0.4 is 11.5 Å². The zero-order valence-electron chi connectivity index (χ0n) is 5.87. The molecule has 9 heteroatoms. The molecule has 0 aliphatic rings. The van der Waals surface area contributed by atoms with E-state index < -0.39 is 6.04 Å². The van der Waals surface area contributed by atoms with E-state index in [9.17, 15) is 4.79 Å². The van der Waals surface area contributed by atoms with Gasteiger partial charge in [0.05, 0.1) is 6.04 Å². The molecule has 0 heterocycles. The van der Waals surface area contributed by atoms with Crippen LogP contribution in [0.4, 0.5) is 0 Å². The SMILES string of the molecule is Cl.Cl.Cl.Cl.Cl.Cl.NCC(N)C=O. The van der Waals surface area contributed by atoms with Crippen molar-refractivity contribution in [1.29, 1.82) is 0 Å². The highest BCUT2D eigenvalue weighted by Crippen LogP contribution is 1.56. The molecule has 12 heavy (non-hydrogen) atoms. The van der Waals surface area contributed by atoms with Crippen molar-refractivity contribution in [2.75, 3.05) is 6.54 Å². The summed E-state index contributed by atoms with van der Waals surface area (Å²) in [4.78, 5) is 9.53. The van der Waals surface area contributed by atoms with E-state index in [4.69, 9.17) is 11.5 Å². The highest BCUT2D eigenvalue weighted by atomic mass is 35.5. The molecule has 0 fully saturated rings. The second kappa shape index (κ2) is 39.5. The number of rotatable bonds is 2. The average Bonchev–Trinajstić information content (AvgIpc) is 1.65. The molecule has 0 aliphatic heterocycles. The topological polar surface area (TPSA) is 69.1 Å². The molecule has 0 amide bonds. The van der Waals surface area contributed by atoms with Crippen LogP contribution in [0.1, 0.15) is 0 Å². The molecular formula is C3H14Cl6N2O. The van der Waals surface area contributed by atoms with Gasteiger partial charge in [0.1, 0.15) is 6.29 Å². The first-order valence-electron chi connectivity index (χ1n) is 1.72. The quantitative estimate of drug-likeness (QED) is 0.748. The van der Waals surface area contributed by atoms with Gasteiger partial charge in [-0.2, -0.15) is 0 Å². The minimum absolute atomic E-state index is 0. The van der Waals surface area contributed by atoms with Crippen LogP contribution in [0.15, 0.2) is 0 Å². The number of nitrogens with two attached hydrogens (primary N) is 2. The summed E-state index contributed by atoms with van der Waals surface area (Å²) in [6.45, 7) is 0.240. The Morgan fingerprint density at radius 1 is 1.00 bits per heavy atom. The van der Waals surface area contributed by atoms with Gasteiger partial charge in [-0.15, -0.1) is 74.4 Å². The van der Waals surface area contributed by atoms with Gasteiger partial charge >= 0.3 is 0 Å². The third kappa shape index (κ3) is 42.6. The maximum Gasteiger partial charge on any atom is 0.137 e. The molecular weight excluding hydrogens is 293 g/mol. The van der Waals surface area contributed by atoms with Crippen LogP contribution in [0.25, 0.3) is 0 Å². The van der Waals surface area contributed by atoms with Gasteiger partial charge in [0.15, 0.2) is 0 Å². The minimum atomic E-state index is -0.468. The van der Waals surface area contributed by atoms with Gasteiger partial charge in [-0.05, 0) is 0 Å². The van der Waals surface area contributed by atoms with Crippen LogP contribution in [0.5, 0.6) is 0 Å². The van der Waals surface area contributed by atoms with Crippen molar-refractivity contribution in [3.8, 4) is 0 Å². The standard InChI is InChI=1S/C3H8N2O.6ClH/c4-1-3(5)2-6;;;;;;/h2-3H,1,4-5H2;6*1H. The lowest BCUT2D eigenvalue weighted by Crippen LogP contribution is -2.30. The van der Waals surface area contributed by atoms with Gasteiger partial charge in [0.25, 0.3) is 0 Å². The molecule has 0 radical (unpaired) electrons. The molecule has 0 saturated heterocycles. The minimum Gasteiger partial charge on any atom is -0.329 e. The highest BCUT2D eigenvalue weighted by Gasteiger charge is 1.89. The lowest BCUT2D eigenvalue weighted by atomic mass is 10.4. The van der Waals surface area contributed by atoms with Gasteiger partial charge in [0.2, 0.25) is 0 Å². The Morgan fingerprint density at radius 2 is 1.25 bits per heavy atom. The van der Waals surface area contributed by atoms with Gasteiger partial charge in [-0.1, -0.05) is 0 Å². The van der Waals surface area contributed by atoms with Crippen LogP contribution in [0.2, 0.25) is 0 Å². The first-order chi connectivity index (χ1) is 2.81. The second-order valence-corrected chi connectivity index (χ2v) is 1.04. The van der Waals surface area contributed by atoms with Crippen LogP contribution in [-0.4, -0.2) is 18.9 Å². The summed E-state index contributed by atoms with van der Waals surface area (Å²) >= 11 is 0. The number of carbonyl (C=O) groups is 1. The second-order valence-electron chi connectivity index (χ2n) is 1.04. The Balaban J connectivity index is -0.00000000833. The van der Waals surface area contributed by atoms with Gasteiger partial charge in [-0.3, -0.25) is 0 Å². The first-order valence-corrected chi connectivity index (χ1v) is 1.72. The zero-order valence-corrected chi connectivity index (χ0v) is 10.8. The van der Waals surface area contributed by atoms with Crippen LogP contribution in [-0.2, 0) is 4.79 Å². The molecule has 84 valence electrons. The first kappa shape index (κ1) is 50.6. The molecule has 0 aromatic heterocycles. The van der Waals surface area contributed by atoms with E-state index >= 15 is 0 Å². The molecule has 0 rings (SSSR count). The highest BCUT2D eigenvalue weighted by molar-refractivity contribution is 5.86. The average molecular weight is 307 g/mol. The van der Waals surface area contributed by atoms with E-state index in [1.807, 2.05) is 0 Å². The maximum absolute atomic E-state index is 9.53. The molecule has 4 N–H and O–H groups in total. The summed E-state index contributed by atoms with van der Waals surface area (Å²) < 4.78 is 0. The summed E-state index contributed by atoms with van der Waals surface area (Å²) in [5, 5.41) is 0. The van der Waals surface area contributed by atoms with Crippen molar-refractivity contribution in [1.82, 2.24) is 0 Å². The van der Waals surface area contributed by atoms with Gasteiger partial charge in [0, 0.05) is 6.54 Å². The van der Waals surface area contributed by atoms with Gasteiger partial charge < -0.3 is 16.3 Å². The van der Waals surface area contributed by atoms with Crippen molar-refractivity contribution in [2.45, 2.75) is 6.04 Å². The number of carbonyl (C=O) groups excluding carboxylic acids is 1. The predicted octanol–water partition coefficient (Wildman–Crippen LogP) is 1.00. The zero-order chi connectivity index (χ0) is 4.99. The molecule has 0 aromatic rings. The normalized spacial score (nSPS) is 6.83. The van der Waals surface area contributed by atoms with Crippen molar-refractivity contribution in [3.05, 3.63) is 0 Å². The molecule has 3 nitrogen and oxygen atoms in total. The Hall–Kier alpha value is 1.33. The largest absolute Gasteiger partial charge is 0.329 e. The number of hydrogen-bond donors (Lipinski definition) is 2. The van der Waals surface area contributed by atoms with E-state index in [0.29, 0.717) is 6.29 Å². The monoisotopic (exact) mass is 304 g/mol. The summed E-state index contributed by atoms with van der Waals surface area (Å²) in [7, 11) is 0. The van der Waals surface area contributed by atoms with E-state index in [1.54, 1.807) is 0 Å². The Morgan fingerprint density at radius 3 is 1.25 bits per heavy atom. The van der Waals surface area contributed by atoms with Crippen LogP contribution in [0, 0.1) is 0 Å². The Kier molecular flexibility index (Phi) is 166. The van der Waals surface area contributed by atoms with E-state index in [-0.39, 0.29) is 81.0 Å². The van der Waals surface area contributed by atoms with E-state index in [2.05, 4.69) is 0 Å².